The minimum atomic E-state index is -0.320. The Hall–Kier alpha value is -2.98. The number of thiazole rings is 1. The number of likely N-dealkylation sites (N-methyl/N-ethyl adjacent to an activating group) is 1. The van der Waals surface area contributed by atoms with Crippen molar-refractivity contribution in [2.24, 2.45) is 0 Å². The van der Waals surface area contributed by atoms with E-state index in [-0.39, 0.29) is 12.1 Å². The third kappa shape index (κ3) is 5.56. The monoisotopic (exact) mass is 550 g/mol. The molecule has 2 fully saturated rings. The van der Waals surface area contributed by atoms with Crippen molar-refractivity contribution in [2.75, 3.05) is 43.4 Å². The van der Waals surface area contributed by atoms with Crippen LogP contribution in [0.5, 0.6) is 11.5 Å². The molecule has 10 heteroatoms. The Morgan fingerprint density at radius 1 is 1.00 bits per heavy atom. The highest BCUT2D eigenvalue weighted by atomic mass is 35.5. The smallest absolute Gasteiger partial charge is 0.184 e. The molecule has 0 radical (unpaired) electrons. The second-order valence-corrected chi connectivity index (χ2v) is 11.4. The number of piperazine rings is 1. The topological polar surface area (TPSA) is 86.6 Å². The van der Waals surface area contributed by atoms with Gasteiger partial charge >= 0.3 is 0 Å². The summed E-state index contributed by atoms with van der Waals surface area (Å²) in [7, 11) is 2.14. The van der Waals surface area contributed by atoms with Gasteiger partial charge in [-0.05, 0) is 50.2 Å². The summed E-state index contributed by atoms with van der Waals surface area (Å²) in [5, 5.41) is 15.0. The lowest BCUT2D eigenvalue weighted by Gasteiger charge is -2.33. The summed E-state index contributed by atoms with van der Waals surface area (Å²) in [5.74, 6) is 2.27. The number of benzene rings is 1. The second-order valence-electron chi connectivity index (χ2n) is 10.1. The summed E-state index contributed by atoms with van der Waals surface area (Å²) in [6.07, 6.45) is 7.18. The van der Waals surface area contributed by atoms with E-state index < -0.39 is 0 Å². The van der Waals surface area contributed by atoms with E-state index in [2.05, 4.69) is 27.1 Å². The molecule has 0 spiro atoms. The Balaban J connectivity index is 1.17. The molecular weight excluding hydrogens is 520 g/mol. The molecular formula is C28H31ClN6O2S. The predicted octanol–water partition coefficient (Wildman–Crippen LogP) is 5.67. The molecule has 38 heavy (non-hydrogen) atoms. The summed E-state index contributed by atoms with van der Waals surface area (Å²) in [5.41, 5.74) is 2.57. The van der Waals surface area contributed by atoms with Crippen molar-refractivity contribution in [1.29, 1.82) is 0 Å². The Labute approximate surface area is 231 Å². The predicted molar refractivity (Wildman–Crippen MR) is 154 cm³/mol. The molecule has 4 aromatic rings. The molecule has 1 aromatic carbocycles. The van der Waals surface area contributed by atoms with Crippen LogP contribution in [0.1, 0.15) is 25.7 Å². The normalized spacial score (nSPS) is 20.6. The molecule has 0 unspecified atom stereocenters. The zero-order valence-corrected chi connectivity index (χ0v) is 22.9. The van der Waals surface area contributed by atoms with E-state index >= 15 is 0 Å². The number of hydrogen-bond donors (Lipinski definition) is 2. The molecule has 1 aliphatic heterocycles. The van der Waals surface area contributed by atoms with Crippen LogP contribution in [0.2, 0.25) is 5.15 Å². The fourth-order valence-electron chi connectivity index (χ4n) is 5.06. The molecule has 0 bridgehead atoms. The fourth-order valence-corrected chi connectivity index (χ4v) is 6.23. The molecule has 4 heterocycles. The third-order valence-electron chi connectivity index (χ3n) is 7.33. The number of pyridine rings is 2. The molecule has 8 nitrogen and oxygen atoms in total. The van der Waals surface area contributed by atoms with Gasteiger partial charge < -0.3 is 25.0 Å². The van der Waals surface area contributed by atoms with Crippen molar-refractivity contribution in [3.05, 3.63) is 53.9 Å². The highest BCUT2D eigenvalue weighted by Crippen LogP contribution is 2.35. The lowest BCUT2D eigenvalue weighted by Crippen LogP contribution is -2.44. The maximum Gasteiger partial charge on any atom is 0.184 e. The zero-order valence-electron chi connectivity index (χ0n) is 21.3. The third-order valence-corrected chi connectivity index (χ3v) is 8.58. The number of aromatic nitrogens is 3. The van der Waals surface area contributed by atoms with Gasteiger partial charge in [0.05, 0.1) is 28.6 Å². The van der Waals surface area contributed by atoms with Crippen LogP contribution in [0.15, 0.2) is 48.8 Å². The highest BCUT2D eigenvalue weighted by Gasteiger charge is 2.24. The summed E-state index contributed by atoms with van der Waals surface area (Å²) in [6.45, 7) is 4.01. The van der Waals surface area contributed by atoms with Gasteiger partial charge in [0.2, 0.25) is 0 Å². The van der Waals surface area contributed by atoms with Crippen molar-refractivity contribution in [3.8, 4) is 22.6 Å². The number of halogens is 1. The molecule has 2 N–H and O–H groups in total. The van der Waals surface area contributed by atoms with E-state index in [4.69, 9.17) is 26.3 Å². The van der Waals surface area contributed by atoms with Gasteiger partial charge in [-0.1, -0.05) is 35.8 Å². The van der Waals surface area contributed by atoms with Crippen LogP contribution in [0.3, 0.4) is 0 Å². The number of nitrogens with zero attached hydrogens (tertiary/aromatic N) is 5. The van der Waals surface area contributed by atoms with Crippen LogP contribution in [0.4, 0.5) is 10.9 Å². The van der Waals surface area contributed by atoms with E-state index in [9.17, 15) is 5.11 Å². The largest absolute Gasteiger partial charge is 0.456 e. The number of aliphatic hydroxyl groups excluding tert-OH is 1. The first-order chi connectivity index (χ1) is 18.5. The summed E-state index contributed by atoms with van der Waals surface area (Å²) < 4.78 is 7.19. The molecule has 6 rings (SSSR count). The second kappa shape index (κ2) is 11.0. The molecule has 2 aliphatic rings. The van der Waals surface area contributed by atoms with Gasteiger partial charge in [-0.3, -0.25) is 0 Å². The van der Waals surface area contributed by atoms with E-state index in [1.54, 1.807) is 17.5 Å². The quantitative estimate of drug-likeness (QED) is 0.297. The Morgan fingerprint density at radius 3 is 2.63 bits per heavy atom. The Morgan fingerprint density at radius 2 is 1.84 bits per heavy atom. The van der Waals surface area contributed by atoms with E-state index in [0.717, 1.165) is 84.2 Å². The molecule has 3 aromatic heterocycles. The number of ether oxygens (including phenoxy) is 1. The minimum absolute atomic E-state index is 0.0590. The summed E-state index contributed by atoms with van der Waals surface area (Å²) in [6, 6.07) is 11.9. The maximum atomic E-state index is 10.3. The minimum Gasteiger partial charge on any atom is -0.456 e. The van der Waals surface area contributed by atoms with Crippen LogP contribution in [-0.2, 0) is 0 Å². The molecule has 1 saturated carbocycles. The number of anilines is 2. The van der Waals surface area contributed by atoms with Crippen molar-refractivity contribution < 1.29 is 9.84 Å². The zero-order chi connectivity index (χ0) is 26.1. The van der Waals surface area contributed by atoms with Crippen LogP contribution >= 0.6 is 22.9 Å². The average molecular weight is 551 g/mol. The van der Waals surface area contributed by atoms with Gasteiger partial charge in [0, 0.05) is 49.6 Å². The van der Waals surface area contributed by atoms with Gasteiger partial charge in [-0.25, -0.2) is 15.0 Å². The molecule has 198 valence electrons. The van der Waals surface area contributed by atoms with Gasteiger partial charge in [0.1, 0.15) is 22.5 Å². The fraction of sp³-hybridized carbons (Fsp3) is 0.393. The van der Waals surface area contributed by atoms with Crippen LogP contribution in [-0.4, -0.2) is 70.3 Å². The van der Waals surface area contributed by atoms with Gasteiger partial charge in [-0.2, -0.15) is 0 Å². The molecule has 2 atom stereocenters. The Bertz CT molecular complexity index is 1410. The Kier molecular flexibility index (Phi) is 7.34. The van der Waals surface area contributed by atoms with Crippen molar-refractivity contribution in [2.45, 2.75) is 37.8 Å². The molecule has 1 saturated heterocycles. The maximum absolute atomic E-state index is 10.3. The highest BCUT2D eigenvalue weighted by molar-refractivity contribution is 7.22. The van der Waals surface area contributed by atoms with Gasteiger partial charge in [-0.15, -0.1) is 0 Å². The van der Waals surface area contributed by atoms with Crippen molar-refractivity contribution in [3.63, 3.8) is 0 Å². The van der Waals surface area contributed by atoms with Crippen LogP contribution in [0.25, 0.3) is 21.3 Å². The van der Waals surface area contributed by atoms with Crippen molar-refractivity contribution >= 4 is 44.1 Å². The summed E-state index contributed by atoms with van der Waals surface area (Å²) >= 11 is 8.04. The first-order valence-electron chi connectivity index (χ1n) is 13.1. The van der Waals surface area contributed by atoms with Gasteiger partial charge in [0.25, 0.3) is 0 Å². The first kappa shape index (κ1) is 25.3. The summed E-state index contributed by atoms with van der Waals surface area (Å²) in [4.78, 5) is 18.4. The number of fused-ring (bicyclic) bond motifs is 1. The van der Waals surface area contributed by atoms with Crippen molar-refractivity contribution in [1.82, 2.24) is 19.9 Å². The molecule has 0 amide bonds. The first-order valence-corrected chi connectivity index (χ1v) is 14.3. The molecule has 1 aliphatic carbocycles. The number of hydrogen-bond acceptors (Lipinski definition) is 9. The number of nitrogens with one attached hydrogen (secondary N) is 1. The lowest BCUT2D eigenvalue weighted by atomic mass is 9.93. The standard InChI is InChI=1S/C28H31ClN6O2S/c1-34-10-12-35(13-11-34)26-9-6-18(16-30-26)21-14-20(17-31-27(21)29)37-19-7-8-23-25(15-19)38-28(33-23)32-22-4-2-3-5-24(22)36/h6-9,14-17,22,24,36H,2-5,10-13H2,1H3,(H,32,33)/t22-,24-/m1/s1. The lowest BCUT2D eigenvalue weighted by molar-refractivity contribution is 0.116. The van der Waals surface area contributed by atoms with Gasteiger partial charge in [0.15, 0.2) is 5.13 Å². The van der Waals surface area contributed by atoms with Crippen LogP contribution in [0, 0.1) is 0 Å². The van der Waals surface area contributed by atoms with E-state index in [0.29, 0.717) is 16.7 Å². The number of rotatable bonds is 6. The van der Waals surface area contributed by atoms with E-state index in [1.165, 1.54) is 0 Å². The SMILES string of the molecule is CN1CCN(c2ccc(-c3cc(Oc4ccc5nc(N[C@@H]6CCCC[C@H]6O)sc5c4)cnc3Cl)cn2)CC1. The van der Waals surface area contributed by atoms with E-state index in [1.807, 2.05) is 42.6 Å². The number of aliphatic hydroxyl groups is 1. The average Bonchev–Trinajstić information content (AvgIpc) is 3.33. The van der Waals surface area contributed by atoms with Crippen LogP contribution < -0.4 is 15.0 Å².